The van der Waals surface area contributed by atoms with E-state index in [0.717, 1.165) is 19.0 Å². The fraction of sp³-hybridized carbons (Fsp3) is 0.615. The number of carbonyl (C=O) groups excluding carboxylic acids is 2. The van der Waals surface area contributed by atoms with Crippen LogP contribution in [0, 0.1) is 18.7 Å². The largest absolute Gasteiger partial charge is 0.481 e. The summed E-state index contributed by atoms with van der Waals surface area (Å²) < 4.78 is 59.0. The van der Waals surface area contributed by atoms with Crippen molar-refractivity contribution in [3.05, 3.63) is 29.3 Å². The molecule has 2 aliphatic carbocycles. The van der Waals surface area contributed by atoms with Gasteiger partial charge in [0.05, 0.1) is 19.0 Å². The van der Waals surface area contributed by atoms with Gasteiger partial charge in [0.1, 0.15) is 0 Å². The summed E-state index contributed by atoms with van der Waals surface area (Å²) >= 11 is 0. The summed E-state index contributed by atoms with van der Waals surface area (Å²) in [6, 6.07) is 1.07. The second-order valence-electron chi connectivity index (χ2n) is 11.0. The van der Waals surface area contributed by atoms with E-state index in [1.807, 2.05) is 0 Å². The first-order valence-electron chi connectivity index (χ1n) is 13.0. The molecular formula is C26H31F4N5O4. The number of aromatic amines is 1. The molecule has 2 saturated carbocycles. The van der Waals surface area contributed by atoms with Crippen molar-refractivity contribution in [3.8, 4) is 17.1 Å². The highest BCUT2D eigenvalue weighted by molar-refractivity contribution is 5.94. The first-order chi connectivity index (χ1) is 18.4. The summed E-state index contributed by atoms with van der Waals surface area (Å²) in [5.41, 5.74) is -2.04. The van der Waals surface area contributed by atoms with Crippen molar-refractivity contribution >= 4 is 11.8 Å². The average molecular weight is 554 g/mol. The number of likely N-dealkylation sites (tertiary alicyclic amines) is 1. The topological polar surface area (TPSA) is 120 Å². The predicted molar refractivity (Wildman–Crippen MR) is 130 cm³/mol. The zero-order valence-corrected chi connectivity index (χ0v) is 21.7. The van der Waals surface area contributed by atoms with Gasteiger partial charge in [0.2, 0.25) is 11.8 Å². The molecule has 3 aliphatic rings. The van der Waals surface area contributed by atoms with Crippen LogP contribution in [0.25, 0.3) is 11.3 Å². The normalized spacial score (nSPS) is 26.4. The molecule has 3 fully saturated rings. The number of nitrogens with zero attached hydrogens (tertiary/aromatic N) is 3. The van der Waals surface area contributed by atoms with Crippen molar-refractivity contribution in [1.29, 1.82) is 0 Å². The molecule has 1 spiro atoms. The Morgan fingerprint density at radius 1 is 1.21 bits per heavy atom. The van der Waals surface area contributed by atoms with Gasteiger partial charge >= 0.3 is 6.18 Å². The first-order valence-corrected chi connectivity index (χ1v) is 13.0. The average Bonchev–Trinajstić information content (AvgIpc) is 3.47. The molecule has 2 aromatic heterocycles. The van der Waals surface area contributed by atoms with Crippen LogP contribution in [0.3, 0.4) is 0 Å². The molecule has 1 aliphatic heterocycles. The minimum atomic E-state index is -4.69. The molecule has 3 heterocycles. The molecule has 13 heteroatoms. The molecule has 0 aromatic carbocycles. The Kier molecular flexibility index (Phi) is 6.84. The second kappa shape index (κ2) is 9.76. The Labute approximate surface area is 222 Å². The lowest BCUT2D eigenvalue weighted by atomic mass is 9.81. The third-order valence-electron chi connectivity index (χ3n) is 8.52. The van der Waals surface area contributed by atoms with Gasteiger partial charge in [0.25, 0.3) is 5.91 Å². The highest BCUT2D eigenvalue weighted by Crippen LogP contribution is 2.51. The maximum atomic E-state index is 14.6. The van der Waals surface area contributed by atoms with Crippen molar-refractivity contribution in [2.24, 2.45) is 5.92 Å². The van der Waals surface area contributed by atoms with Crippen LogP contribution in [0.5, 0.6) is 5.88 Å². The van der Waals surface area contributed by atoms with E-state index >= 15 is 0 Å². The number of carbonyl (C=O) groups is 2. The van der Waals surface area contributed by atoms with Gasteiger partial charge in [-0.15, -0.1) is 0 Å². The van der Waals surface area contributed by atoms with Crippen LogP contribution in [0.4, 0.5) is 17.6 Å². The lowest BCUT2D eigenvalue weighted by Crippen LogP contribution is -2.54. The van der Waals surface area contributed by atoms with Crippen LogP contribution in [-0.2, 0) is 4.79 Å². The van der Waals surface area contributed by atoms with E-state index in [1.165, 1.54) is 13.2 Å². The van der Waals surface area contributed by atoms with E-state index in [9.17, 15) is 32.3 Å². The minimum absolute atomic E-state index is 0.0507. The maximum Gasteiger partial charge on any atom is 0.417 e. The Balaban J connectivity index is 1.22. The Bertz CT molecular complexity index is 1270. The minimum Gasteiger partial charge on any atom is -0.481 e. The number of rotatable bonds is 5. The molecule has 2 aromatic rings. The maximum absolute atomic E-state index is 14.6. The fourth-order valence-corrected chi connectivity index (χ4v) is 5.99. The van der Waals surface area contributed by atoms with Crippen molar-refractivity contribution in [1.82, 2.24) is 25.4 Å². The van der Waals surface area contributed by atoms with E-state index in [2.05, 4.69) is 20.5 Å². The number of amides is 2. The number of hydrogen-bond acceptors (Lipinski definition) is 6. The zero-order valence-electron chi connectivity index (χ0n) is 21.7. The van der Waals surface area contributed by atoms with E-state index in [-0.39, 0.29) is 47.7 Å². The van der Waals surface area contributed by atoms with Gasteiger partial charge in [-0.2, -0.15) is 18.3 Å². The molecule has 0 radical (unpaired) electrons. The Hall–Kier alpha value is -3.22. The molecule has 5 rings (SSSR count). The van der Waals surface area contributed by atoms with E-state index in [0.29, 0.717) is 30.6 Å². The van der Waals surface area contributed by atoms with Gasteiger partial charge in [0, 0.05) is 35.2 Å². The van der Waals surface area contributed by atoms with E-state index < -0.39 is 42.0 Å². The van der Waals surface area contributed by atoms with Gasteiger partial charge in [-0.1, -0.05) is 0 Å². The number of aromatic nitrogens is 3. The number of alkyl halides is 3. The molecule has 0 unspecified atom stereocenters. The predicted octanol–water partition coefficient (Wildman–Crippen LogP) is 3.66. The number of ether oxygens (including phenoxy) is 1. The summed E-state index contributed by atoms with van der Waals surface area (Å²) in [5, 5.41) is 19.6. The summed E-state index contributed by atoms with van der Waals surface area (Å²) in [6.45, 7) is 1.99. The van der Waals surface area contributed by atoms with Gasteiger partial charge in [-0.3, -0.25) is 14.7 Å². The lowest BCUT2D eigenvalue weighted by Gasteiger charge is -2.41. The number of hydrogen-bond donors (Lipinski definition) is 3. The van der Waals surface area contributed by atoms with Crippen molar-refractivity contribution < 1.29 is 37.0 Å². The smallest absolute Gasteiger partial charge is 0.417 e. The van der Waals surface area contributed by atoms with Crippen LogP contribution in [-0.4, -0.2) is 74.0 Å². The monoisotopic (exact) mass is 553 g/mol. The van der Waals surface area contributed by atoms with Gasteiger partial charge in [-0.05, 0) is 64.4 Å². The highest BCUT2D eigenvalue weighted by Gasteiger charge is 2.56. The van der Waals surface area contributed by atoms with Crippen molar-refractivity contribution in [2.45, 2.75) is 81.6 Å². The second-order valence-corrected chi connectivity index (χ2v) is 11.0. The molecule has 2 amide bonds. The van der Waals surface area contributed by atoms with Gasteiger partial charge in [0.15, 0.2) is 17.1 Å². The van der Waals surface area contributed by atoms with Crippen LogP contribution < -0.4 is 10.1 Å². The summed E-state index contributed by atoms with van der Waals surface area (Å²) in [4.78, 5) is 32.1. The van der Waals surface area contributed by atoms with Crippen LogP contribution in [0.1, 0.15) is 67.4 Å². The third-order valence-corrected chi connectivity index (χ3v) is 8.52. The van der Waals surface area contributed by atoms with Crippen LogP contribution in [0.15, 0.2) is 12.3 Å². The number of nitrogens with one attached hydrogen (secondary N) is 2. The zero-order chi connectivity index (χ0) is 28.2. The standard InChI is InChI=1S/C26H31F4N5O4/c1-14-20(17(27)13-31-22(14)39-2)18-11-19(34-33-18)23(37)35-10-5-15(12-24(35)8-9-24)21(36)32-16-3-6-25(38,7-4-16)26(28,29)30/h11,13,15-16,38H,3-10,12H2,1-2H3,(H,32,36)(H,33,34)/t15-,16-,25-/m0/s1. The number of methoxy groups -OCH3 is 1. The fourth-order valence-electron chi connectivity index (χ4n) is 5.99. The highest BCUT2D eigenvalue weighted by atomic mass is 19.4. The number of H-pyrrole nitrogens is 1. The summed E-state index contributed by atoms with van der Waals surface area (Å²) in [7, 11) is 1.43. The third kappa shape index (κ3) is 4.96. The van der Waals surface area contributed by atoms with Crippen LogP contribution >= 0.6 is 0 Å². The summed E-state index contributed by atoms with van der Waals surface area (Å²) in [5.74, 6) is -1.23. The quantitative estimate of drug-likeness (QED) is 0.486. The Morgan fingerprint density at radius 2 is 1.90 bits per heavy atom. The summed E-state index contributed by atoms with van der Waals surface area (Å²) in [6.07, 6.45) is -2.10. The lowest BCUT2D eigenvalue weighted by molar-refractivity contribution is -0.270. The Morgan fingerprint density at radius 3 is 2.51 bits per heavy atom. The van der Waals surface area contributed by atoms with E-state index in [4.69, 9.17) is 4.74 Å². The number of aliphatic hydroxyl groups is 1. The number of piperidine rings is 1. The van der Waals surface area contributed by atoms with Crippen molar-refractivity contribution in [2.75, 3.05) is 13.7 Å². The van der Waals surface area contributed by atoms with Gasteiger partial charge < -0.3 is 20.1 Å². The molecule has 9 nitrogen and oxygen atoms in total. The van der Waals surface area contributed by atoms with E-state index in [1.54, 1.807) is 11.8 Å². The molecule has 3 N–H and O–H groups in total. The number of pyridine rings is 1. The van der Waals surface area contributed by atoms with Crippen molar-refractivity contribution in [3.63, 3.8) is 0 Å². The molecule has 0 bridgehead atoms. The molecule has 1 atom stereocenters. The molecular weight excluding hydrogens is 522 g/mol. The van der Waals surface area contributed by atoms with Gasteiger partial charge in [-0.25, -0.2) is 9.37 Å². The molecule has 212 valence electrons. The first kappa shape index (κ1) is 27.4. The molecule has 39 heavy (non-hydrogen) atoms. The SMILES string of the molecule is COc1ncc(F)c(-c2cc(C(=O)N3CC[C@H](C(=O)N[C@H]4CC[C@@](O)(C(F)(F)F)CC4)CC34CC4)n[nH]2)c1C. The van der Waals surface area contributed by atoms with Crippen LogP contribution in [0.2, 0.25) is 0 Å². The number of halogens is 4. The molecule has 1 saturated heterocycles.